The first-order chi connectivity index (χ1) is 13.9. The minimum Gasteiger partial charge on any atom is -0.497 e. The van der Waals surface area contributed by atoms with Crippen LogP contribution in [0.3, 0.4) is 0 Å². The quantitative estimate of drug-likeness (QED) is 0.208. The molecule has 0 aromatic heterocycles. The molecule has 28 heavy (non-hydrogen) atoms. The van der Waals surface area contributed by atoms with Crippen molar-refractivity contribution >= 4 is 0 Å². The molecule has 0 aliphatic heterocycles. The van der Waals surface area contributed by atoms with Crippen LogP contribution in [-0.4, -0.2) is 13.7 Å². The Balaban J connectivity index is 1.74. The Kier molecular flexibility index (Phi) is 17.2. The molecule has 0 atom stereocenters. The van der Waals surface area contributed by atoms with Gasteiger partial charge in [0.1, 0.15) is 5.75 Å². The van der Waals surface area contributed by atoms with Crippen LogP contribution in [0, 0.1) is 0 Å². The number of rotatable bonds is 20. The highest BCUT2D eigenvalue weighted by molar-refractivity contribution is 5.26. The van der Waals surface area contributed by atoms with Crippen LogP contribution in [0.25, 0.3) is 0 Å². The number of benzene rings is 1. The van der Waals surface area contributed by atoms with Crippen LogP contribution in [0.1, 0.15) is 115 Å². The predicted octanol–water partition coefficient (Wildman–Crippen LogP) is 8.47. The Morgan fingerprint density at radius 2 is 1.00 bits per heavy atom. The third-order valence-corrected chi connectivity index (χ3v) is 5.57. The third-order valence-electron chi connectivity index (χ3n) is 5.57. The molecule has 0 spiro atoms. The largest absolute Gasteiger partial charge is 0.497 e. The minimum absolute atomic E-state index is 0.711. The summed E-state index contributed by atoms with van der Waals surface area (Å²) >= 11 is 0. The van der Waals surface area contributed by atoms with Gasteiger partial charge in [-0.25, -0.2) is 0 Å². The van der Waals surface area contributed by atoms with E-state index in [1.54, 1.807) is 7.11 Å². The van der Waals surface area contributed by atoms with Gasteiger partial charge < -0.3 is 9.47 Å². The average Bonchev–Trinajstić information content (AvgIpc) is 2.73. The molecule has 0 heterocycles. The van der Waals surface area contributed by atoms with E-state index in [9.17, 15) is 0 Å². The van der Waals surface area contributed by atoms with E-state index in [4.69, 9.17) is 9.47 Å². The van der Waals surface area contributed by atoms with E-state index >= 15 is 0 Å². The summed E-state index contributed by atoms with van der Waals surface area (Å²) in [4.78, 5) is 0. The monoisotopic (exact) mass is 390 g/mol. The van der Waals surface area contributed by atoms with Crippen LogP contribution in [0.4, 0.5) is 0 Å². The molecular weight excluding hydrogens is 344 g/mol. The van der Waals surface area contributed by atoms with E-state index in [1.807, 2.05) is 12.1 Å². The number of hydrogen-bond donors (Lipinski definition) is 0. The molecular formula is C26H46O2. The van der Waals surface area contributed by atoms with Gasteiger partial charge in [0.15, 0.2) is 0 Å². The average molecular weight is 391 g/mol. The van der Waals surface area contributed by atoms with E-state index in [0.29, 0.717) is 6.61 Å². The summed E-state index contributed by atoms with van der Waals surface area (Å²) in [6.07, 6.45) is 22.6. The molecule has 2 heteroatoms. The van der Waals surface area contributed by atoms with Gasteiger partial charge in [-0.1, -0.05) is 115 Å². The molecule has 1 aromatic rings. The smallest absolute Gasteiger partial charge is 0.118 e. The van der Waals surface area contributed by atoms with E-state index in [0.717, 1.165) is 12.4 Å². The Bertz CT molecular complexity index is 427. The Morgan fingerprint density at radius 3 is 1.43 bits per heavy atom. The maximum Gasteiger partial charge on any atom is 0.118 e. The SMILES string of the molecule is CCCCCCCCCCCCCCCCCCOCc1ccc(OC)cc1. The fourth-order valence-electron chi connectivity index (χ4n) is 3.66. The summed E-state index contributed by atoms with van der Waals surface area (Å²) in [7, 11) is 1.70. The number of ether oxygens (including phenoxy) is 2. The fraction of sp³-hybridized carbons (Fsp3) is 0.769. The highest BCUT2D eigenvalue weighted by atomic mass is 16.5. The van der Waals surface area contributed by atoms with E-state index in [-0.39, 0.29) is 0 Å². The number of methoxy groups -OCH3 is 1. The second-order valence-corrected chi connectivity index (χ2v) is 8.20. The van der Waals surface area contributed by atoms with Crippen LogP contribution in [-0.2, 0) is 11.3 Å². The van der Waals surface area contributed by atoms with Crippen molar-refractivity contribution in [2.24, 2.45) is 0 Å². The number of hydrogen-bond acceptors (Lipinski definition) is 2. The van der Waals surface area contributed by atoms with Gasteiger partial charge in [-0.15, -0.1) is 0 Å². The molecule has 0 fully saturated rings. The molecule has 0 N–H and O–H groups in total. The van der Waals surface area contributed by atoms with Gasteiger partial charge >= 0.3 is 0 Å². The van der Waals surface area contributed by atoms with Crippen molar-refractivity contribution in [1.82, 2.24) is 0 Å². The van der Waals surface area contributed by atoms with Crippen molar-refractivity contribution in [2.75, 3.05) is 13.7 Å². The Labute approximate surface area is 175 Å². The van der Waals surface area contributed by atoms with Crippen molar-refractivity contribution in [3.05, 3.63) is 29.8 Å². The summed E-state index contributed by atoms with van der Waals surface area (Å²) in [5.74, 6) is 0.904. The van der Waals surface area contributed by atoms with Crippen LogP contribution in [0.15, 0.2) is 24.3 Å². The van der Waals surface area contributed by atoms with Crippen molar-refractivity contribution < 1.29 is 9.47 Å². The maximum atomic E-state index is 5.77. The normalized spacial score (nSPS) is 11.1. The summed E-state index contributed by atoms with van der Waals surface area (Å²) < 4.78 is 10.9. The van der Waals surface area contributed by atoms with E-state index < -0.39 is 0 Å². The van der Waals surface area contributed by atoms with Gasteiger partial charge in [0.25, 0.3) is 0 Å². The van der Waals surface area contributed by atoms with Gasteiger partial charge in [-0.3, -0.25) is 0 Å². The third kappa shape index (κ3) is 15.0. The molecule has 0 radical (unpaired) electrons. The summed E-state index contributed by atoms with van der Waals surface area (Å²) in [5, 5.41) is 0. The highest BCUT2D eigenvalue weighted by Crippen LogP contribution is 2.14. The van der Waals surface area contributed by atoms with Gasteiger partial charge in [0.2, 0.25) is 0 Å². The molecule has 162 valence electrons. The van der Waals surface area contributed by atoms with Crippen molar-refractivity contribution in [3.8, 4) is 5.75 Å². The van der Waals surface area contributed by atoms with Crippen molar-refractivity contribution in [2.45, 2.75) is 116 Å². The first-order valence-electron chi connectivity index (χ1n) is 12.1. The van der Waals surface area contributed by atoms with E-state index in [1.165, 1.54) is 108 Å². The topological polar surface area (TPSA) is 18.5 Å². The molecule has 0 aliphatic rings. The van der Waals surface area contributed by atoms with Crippen LogP contribution in [0.5, 0.6) is 5.75 Å². The van der Waals surface area contributed by atoms with Gasteiger partial charge in [-0.2, -0.15) is 0 Å². The lowest BCUT2D eigenvalue weighted by molar-refractivity contribution is 0.116. The van der Waals surface area contributed by atoms with Crippen molar-refractivity contribution in [1.29, 1.82) is 0 Å². The summed E-state index contributed by atoms with van der Waals surface area (Å²) in [6, 6.07) is 8.14. The lowest BCUT2D eigenvalue weighted by atomic mass is 10.0. The first-order valence-corrected chi connectivity index (χ1v) is 12.1. The molecule has 1 rings (SSSR count). The Morgan fingerprint density at radius 1 is 0.571 bits per heavy atom. The molecule has 0 aliphatic carbocycles. The second-order valence-electron chi connectivity index (χ2n) is 8.20. The number of unbranched alkanes of at least 4 members (excludes halogenated alkanes) is 15. The molecule has 0 unspecified atom stereocenters. The lowest BCUT2D eigenvalue weighted by Gasteiger charge is -2.06. The molecule has 0 bridgehead atoms. The summed E-state index contributed by atoms with van der Waals surface area (Å²) in [5.41, 5.74) is 1.22. The minimum atomic E-state index is 0.711. The van der Waals surface area contributed by atoms with Crippen molar-refractivity contribution in [3.63, 3.8) is 0 Å². The van der Waals surface area contributed by atoms with Gasteiger partial charge in [0, 0.05) is 6.61 Å². The van der Waals surface area contributed by atoms with E-state index in [2.05, 4.69) is 19.1 Å². The lowest BCUT2D eigenvalue weighted by Crippen LogP contribution is -1.96. The van der Waals surface area contributed by atoms with Gasteiger partial charge in [-0.05, 0) is 24.1 Å². The molecule has 2 nitrogen and oxygen atoms in total. The standard InChI is InChI=1S/C26H46O2/c1-3-4-5-6-7-8-9-10-11-12-13-14-15-16-17-18-23-28-24-25-19-21-26(27-2)22-20-25/h19-22H,3-18,23-24H2,1-2H3. The first kappa shape index (κ1) is 25.0. The molecule has 0 saturated heterocycles. The second kappa shape index (κ2) is 19.3. The maximum absolute atomic E-state index is 5.77. The van der Waals surface area contributed by atoms with Gasteiger partial charge in [0.05, 0.1) is 13.7 Å². The molecule has 1 aromatic carbocycles. The molecule has 0 amide bonds. The van der Waals surface area contributed by atoms with Crippen LogP contribution >= 0.6 is 0 Å². The zero-order valence-electron chi connectivity index (χ0n) is 18.9. The summed E-state index contributed by atoms with van der Waals surface area (Å²) in [6.45, 7) is 3.88. The predicted molar refractivity (Wildman–Crippen MR) is 122 cm³/mol. The van der Waals surface area contributed by atoms with Crippen LogP contribution in [0.2, 0.25) is 0 Å². The zero-order valence-corrected chi connectivity index (χ0v) is 18.9. The fourth-order valence-corrected chi connectivity index (χ4v) is 3.66. The van der Waals surface area contributed by atoms with Crippen LogP contribution < -0.4 is 4.74 Å². The Hall–Kier alpha value is -1.02. The highest BCUT2D eigenvalue weighted by Gasteiger charge is 1.97. The zero-order chi connectivity index (χ0) is 20.1. The molecule has 0 saturated carbocycles.